The van der Waals surface area contributed by atoms with Crippen LogP contribution >= 0.6 is 0 Å². The predicted molar refractivity (Wildman–Crippen MR) is 108 cm³/mol. The van der Waals surface area contributed by atoms with Gasteiger partial charge in [0.2, 0.25) is 23.6 Å². The summed E-state index contributed by atoms with van der Waals surface area (Å²) in [6.45, 7) is 3.06. The molecule has 3 atom stereocenters. The van der Waals surface area contributed by atoms with E-state index in [-0.39, 0.29) is 18.8 Å². The quantitative estimate of drug-likeness (QED) is 0.172. The first kappa shape index (κ1) is 25.6. The Morgan fingerprint density at radius 1 is 1.13 bits per heavy atom. The van der Waals surface area contributed by atoms with E-state index in [4.69, 9.17) is 11.5 Å². The Morgan fingerprint density at radius 3 is 2.32 bits per heavy atom. The molecule has 0 saturated heterocycles. The largest absolute Gasteiger partial charge is 0.480 e. The molecule has 9 N–H and O–H groups in total. The summed E-state index contributed by atoms with van der Waals surface area (Å²) in [4.78, 5) is 65.8. The highest BCUT2D eigenvalue weighted by Crippen LogP contribution is 2.06. The van der Waals surface area contributed by atoms with Gasteiger partial charge in [0.25, 0.3) is 0 Å². The zero-order valence-electron chi connectivity index (χ0n) is 17.4. The van der Waals surface area contributed by atoms with Gasteiger partial charge in [0.15, 0.2) is 0 Å². The molecule has 0 aliphatic carbocycles. The number of nitrogens with zero attached hydrogens (tertiary/aromatic N) is 1. The summed E-state index contributed by atoms with van der Waals surface area (Å²) in [6.07, 6.45) is 2.73. The van der Waals surface area contributed by atoms with Crippen molar-refractivity contribution in [2.45, 2.75) is 51.2 Å². The fraction of sp³-hybridized carbons (Fsp3) is 0.556. The number of carbonyl (C=O) groups excluding carboxylic acids is 4. The van der Waals surface area contributed by atoms with Gasteiger partial charge in [-0.25, -0.2) is 9.78 Å². The fourth-order valence-electron chi connectivity index (χ4n) is 2.65. The number of aromatic amines is 1. The second-order valence-electron chi connectivity index (χ2n) is 7.42. The topological polar surface area (TPSA) is 222 Å². The predicted octanol–water partition coefficient (Wildman–Crippen LogP) is -2.63. The number of imidazole rings is 1. The van der Waals surface area contributed by atoms with Crippen molar-refractivity contribution in [3.63, 3.8) is 0 Å². The lowest BCUT2D eigenvalue weighted by Crippen LogP contribution is -2.55. The number of aromatic nitrogens is 2. The van der Waals surface area contributed by atoms with E-state index >= 15 is 0 Å². The molecule has 4 amide bonds. The van der Waals surface area contributed by atoms with E-state index in [2.05, 4.69) is 25.9 Å². The van der Waals surface area contributed by atoms with E-state index in [0.717, 1.165) is 0 Å². The van der Waals surface area contributed by atoms with E-state index in [0.29, 0.717) is 5.69 Å². The van der Waals surface area contributed by atoms with E-state index in [9.17, 15) is 29.1 Å². The number of carbonyl (C=O) groups is 5. The fourth-order valence-corrected chi connectivity index (χ4v) is 2.65. The average Bonchev–Trinajstić information content (AvgIpc) is 3.17. The molecule has 0 aliphatic rings. The molecule has 0 fully saturated rings. The Morgan fingerprint density at radius 2 is 1.81 bits per heavy atom. The number of rotatable bonds is 13. The van der Waals surface area contributed by atoms with Crippen LogP contribution in [0.1, 0.15) is 32.4 Å². The lowest BCUT2D eigenvalue weighted by molar-refractivity contribution is -0.142. The maximum atomic E-state index is 12.4. The van der Waals surface area contributed by atoms with Crippen LogP contribution in [0.4, 0.5) is 0 Å². The molecule has 31 heavy (non-hydrogen) atoms. The molecule has 1 aromatic rings. The number of carboxylic acid groups (broad SMARTS) is 1. The molecule has 0 aliphatic heterocycles. The van der Waals surface area contributed by atoms with E-state index < -0.39 is 60.7 Å². The number of hydrogen-bond donors (Lipinski definition) is 7. The Balaban J connectivity index is 2.63. The first-order chi connectivity index (χ1) is 14.5. The van der Waals surface area contributed by atoms with Crippen LogP contribution in [0.25, 0.3) is 0 Å². The lowest BCUT2D eigenvalue weighted by Gasteiger charge is -2.22. The molecule has 13 heteroatoms. The van der Waals surface area contributed by atoms with Crippen LogP contribution in [-0.4, -0.2) is 69.3 Å². The van der Waals surface area contributed by atoms with Gasteiger partial charge in [-0.3, -0.25) is 19.2 Å². The Hall–Kier alpha value is -3.48. The Kier molecular flexibility index (Phi) is 10.1. The first-order valence-corrected chi connectivity index (χ1v) is 9.61. The molecule has 0 radical (unpaired) electrons. The third-order valence-corrected chi connectivity index (χ3v) is 4.13. The molecule has 3 unspecified atom stereocenters. The second-order valence-corrected chi connectivity index (χ2v) is 7.42. The highest BCUT2D eigenvalue weighted by molar-refractivity contribution is 5.94. The van der Waals surface area contributed by atoms with Gasteiger partial charge in [-0.2, -0.15) is 0 Å². The third kappa shape index (κ3) is 9.71. The summed E-state index contributed by atoms with van der Waals surface area (Å²) >= 11 is 0. The highest BCUT2D eigenvalue weighted by atomic mass is 16.4. The number of nitrogens with one attached hydrogen (secondary N) is 4. The molecule has 0 aromatic carbocycles. The summed E-state index contributed by atoms with van der Waals surface area (Å²) in [6, 6.07) is -3.53. The van der Waals surface area contributed by atoms with Crippen LogP contribution in [0.2, 0.25) is 0 Å². The standard InChI is InChI=1S/C18H29N7O6/c1-9(2)3-13(18(30)31)25-17(29)12(5-14(20)26)24-15(27)7-22-16(28)11(19)4-10-6-21-8-23-10/h6,8-9,11-13H,3-5,7,19H2,1-2H3,(H2,20,26)(H,21,23)(H,22,28)(H,24,27)(H,25,29)(H,30,31). The number of hydrogen-bond acceptors (Lipinski definition) is 7. The maximum Gasteiger partial charge on any atom is 0.326 e. The first-order valence-electron chi connectivity index (χ1n) is 9.61. The number of primary amides is 1. The Bertz CT molecular complexity index is 780. The van der Waals surface area contributed by atoms with Gasteiger partial charge >= 0.3 is 5.97 Å². The smallest absolute Gasteiger partial charge is 0.326 e. The zero-order valence-corrected chi connectivity index (χ0v) is 17.4. The van der Waals surface area contributed by atoms with Crippen molar-refractivity contribution >= 4 is 29.6 Å². The highest BCUT2D eigenvalue weighted by Gasteiger charge is 2.28. The van der Waals surface area contributed by atoms with Gasteiger partial charge in [-0.05, 0) is 12.3 Å². The molecule has 0 bridgehead atoms. The molecular formula is C18H29N7O6. The maximum absolute atomic E-state index is 12.4. The van der Waals surface area contributed by atoms with Crippen molar-refractivity contribution < 1.29 is 29.1 Å². The van der Waals surface area contributed by atoms with Crippen LogP contribution in [-0.2, 0) is 30.4 Å². The van der Waals surface area contributed by atoms with Gasteiger partial charge in [0.05, 0.1) is 25.3 Å². The van der Waals surface area contributed by atoms with Crippen molar-refractivity contribution in [1.82, 2.24) is 25.9 Å². The minimum Gasteiger partial charge on any atom is -0.480 e. The van der Waals surface area contributed by atoms with Gasteiger partial charge < -0.3 is 37.5 Å². The van der Waals surface area contributed by atoms with Crippen LogP contribution in [0.5, 0.6) is 0 Å². The summed E-state index contributed by atoms with van der Waals surface area (Å²) in [5, 5.41) is 16.1. The van der Waals surface area contributed by atoms with Crippen molar-refractivity contribution in [1.29, 1.82) is 0 Å². The number of H-pyrrole nitrogens is 1. The molecule has 1 aromatic heterocycles. The molecule has 0 saturated carbocycles. The summed E-state index contributed by atoms with van der Waals surface area (Å²) in [5.74, 6) is -4.40. The van der Waals surface area contributed by atoms with E-state index in [1.54, 1.807) is 13.8 Å². The molecule has 0 spiro atoms. The van der Waals surface area contributed by atoms with Gasteiger partial charge in [-0.15, -0.1) is 0 Å². The van der Waals surface area contributed by atoms with Crippen LogP contribution < -0.4 is 27.4 Å². The summed E-state index contributed by atoms with van der Waals surface area (Å²) in [5.41, 5.74) is 11.5. The third-order valence-electron chi connectivity index (χ3n) is 4.13. The second kappa shape index (κ2) is 12.3. The SMILES string of the molecule is CC(C)CC(NC(=O)C(CC(N)=O)NC(=O)CNC(=O)C(N)Cc1cnc[nH]1)C(=O)O. The van der Waals surface area contributed by atoms with E-state index in [1.165, 1.54) is 12.5 Å². The zero-order chi connectivity index (χ0) is 23.6. The van der Waals surface area contributed by atoms with Crippen LogP contribution in [0, 0.1) is 5.92 Å². The van der Waals surface area contributed by atoms with Crippen molar-refractivity contribution in [3.8, 4) is 0 Å². The van der Waals surface area contributed by atoms with Crippen LogP contribution in [0.15, 0.2) is 12.5 Å². The minimum absolute atomic E-state index is 0.0215. The molecular weight excluding hydrogens is 410 g/mol. The summed E-state index contributed by atoms with van der Waals surface area (Å²) < 4.78 is 0. The Labute approximate surface area is 178 Å². The lowest BCUT2D eigenvalue weighted by atomic mass is 10.0. The monoisotopic (exact) mass is 439 g/mol. The van der Waals surface area contributed by atoms with E-state index in [1.807, 2.05) is 0 Å². The van der Waals surface area contributed by atoms with Crippen molar-refractivity contribution in [2.24, 2.45) is 17.4 Å². The minimum atomic E-state index is -1.39. The molecule has 1 rings (SSSR count). The molecule has 13 nitrogen and oxygen atoms in total. The normalized spacial score (nSPS) is 13.7. The van der Waals surface area contributed by atoms with Crippen molar-refractivity contribution in [2.75, 3.05) is 6.54 Å². The average molecular weight is 439 g/mol. The van der Waals surface area contributed by atoms with Crippen molar-refractivity contribution in [3.05, 3.63) is 18.2 Å². The number of amides is 4. The molecule has 172 valence electrons. The molecule has 1 heterocycles. The number of nitrogens with two attached hydrogens (primary N) is 2. The number of carboxylic acids is 1. The van der Waals surface area contributed by atoms with Crippen LogP contribution in [0.3, 0.4) is 0 Å². The number of aliphatic carboxylic acids is 1. The van der Waals surface area contributed by atoms with Gasteiger partial charge in [0.1, 0.15) is 12.1 Å². The summed E-state index contributed by atoms with van der Waals surface area (Å²) in [7, 11) is 0. The van der Waals surface area contributed by atoms with Gasteiger partial charge in [-0.1, -0.05) is 13.8 Å². The van der Waals surface area contributed by atoms with Gasteiger partial charge in [0, 0.05) is 18.3 Å².